The van der Waals surface area contributed by atoms with Crippen molar-refractivity contribution in [3.8, 4) is 0 Å². The van der Waals surface area contributed by atoms with E-state index < -0.39 is 10.0 Å². The van der Waals surface area contributed by atoms with E-state index in [0.717, 1.165) is 43.5 Å². The van der Waals surface area contributed by atoms with Crippen molar-refractivity contribution < 1.29 is 8.42 Å². The third kappa shape index (κ3) is 4.22. The highest BCUT2D eigenvalue weighted by Crippen LogP contribution is 2.25. The lowest BCUT2D eigenvalue weighted by Crippen LogP contribution is -2.46. The highest BCUT2D eigenvalue weighted by molar-refractivity contribution is 7.89. The molecule has 1 N–H and O–H groups in total. The van der Waals surface area contributed by atoms with E-state index >= 15 is 0 Å². The summed E-state index contributed by atoms with van der Waals surface area (Å²) in [5.74, 6) is 0. The summed E-state index contributed by atoms with van der Waals surface area (Å²) >= 11 is 0. The summed E-state index contributed by atoms with van der Waals surface area (Å²) in [4.78, 5) is 0.458. The summed E-state index contributed by atoms with van der Waals surface area (Å²) < 4.78 is 27.8. The molecule has 0 radical (unpaired) electrons. The van der Waals surface area contributed by atoms with Crippen LogP contribution in [0.15, 0.2) is 23.1 Å². The molecule has 1 aromatic carbocycles. The number of nitrogens with zero attached hydrogens (tertiary/aromatic N) is 1. The Morgan fingerprint density at radius 2 is 1.86 bits per heavy atom. The number of aryl methyl sites for hydroxylation is 2. The highest BCUT2D eigenvalue weighted by atomic mass is 35.5. The van der Waals surface area contributed by atoms with E-state index in [9.17, 15) is 8.42 Å². The van der Waals surface area contributed by atoms with Crippen LogP contribution < -0.4 is 5.32 Å². The maximum atomic E-state index is 13.1. The summed E-state index contributed by atoms with van der Waals surface area (Å²) in [5.41, 5.74) is 1.93. The number of halogens is 1. The fraction of sp³-hybridized carbons (Fsp3) is 0.625. The van der Waals surface area contributed by atoms with Crippen molar-refractivity contribution in [1.29, 1.82) is 0 Å². The monoisotopic (exact) mass is 346 g/mol. The first-order valence-electron chi connectivity index (χ1n) is 7.76. The van der Waals surface area contributed by atoms with Crippen molar-refractivity contribution in [2.75, 3.05) is 19.6 Å². The summed E-state index contributed by atoms with van der Waals surface area (Å²) in [6.45, 7) is 8.29. The topological polar surface area (TPSA) is 49.4 Å². The number of nitrogens with one attached hydrogen (secondary N) is 1. The van der Waals surface area contributed by atoms with Gasteiger partial charge in [0.2, 0.25) is 10.0 Å². The molecule has 1 aliphatic rings. The molecule has 1 aromatic rings. The van der Waals surface area contributed by atoms with Gasteiger partial charge in [0, 0.05) is 12.6 Å². The number of sulfonamides is 1. The van der Waals surface area contributed by atoms with Crippen molar-refractivity contribution in [2.45, 2.75) is 51.0 Å². The van der Waals surface area contributed by atoms with Crippen molar-refractivity contribution in [1.82, 2.24) is 9.62 Å². The molecule has 126 valence electrons. The zero-order valence-corrected chi connectivity index (χ0v) is 15.3. The third-order valence-electron chi connectivity index (χ3n) is 4.08. The normalized spacial score (nSPS) is 16.5. The molecule has 0 aliphatic carbocycles. The van der Waals surface area contributed by atoms with Gasteiger partial charge in [0.25, 0.3) is 0 Å². The van der Waals surface area contributed by atoms with Crippen LogP contribution in [-0.2, 0) is 10.0 Å². The van der Waals surface area contributed by atoms with Crippen LogP contribution >= 0.6 is 12.4 Å². The Hall–Kier alpha value is -0.620. The van der Waals surface area contributed by atoms with Crippen molar-refractivity contribution >= 4 is 22.4 Å². The van der Waals surface area contributed by atoms with Gasteiger partial charge in [-0.2, -0.15) is 4.31 Å². The average molecular weight is 347 g/mol. The molecule has 0 amide bonds. The van der Waals surface area contributed by atoms with Crippen molar-refractivity contribution in [2.24, 2.45) is 0 Å². The minimum Gasteiger partial charge on any atom is -0.317 e. The molecule has 0 unspecified atom stereocenters. The van der Waals surface area contributed by atoms with Gasteiger partial charge >= 0.3 is 0 Å². The fourth-order valence-corrected chi connectivity index (χ4v) is 5.01. The zero-order chi connectivity index (χ0) is 15.5. The lowest BCUT2D eigenvalue weighted by atomic mass is 10.1. The summed E-state index contributed by atoms with van der Waals surface area (Å²) in [6.07, 6.45) is 2.63. The van der Waals surface area contributed by atoms with E-state index in [1.807, 2.05) is 32.9 Å². The molecule has 0 bridgehead atoms. The van der Waals surface area contributed by atoms with Gasteiger partial charge in [-0.1, -0.05) is 24.6 Å². The largest absolute Gasteiger partial charge is 0.317 e. The van der Waals surface area contributed by atoms with Crippen LogP contribution in [0.3, 0.4) is 0 Å². The zero-order valence-electron chi connectivity index (χ0n) is 13.6. The molecule has 0 spiro atoms. The number of benzene rings is 1. The maximum absolute atomic E-state index is 13.1. The van der Waals surface area contributed by atoms with E-state index in [1.165, 1.54) is 0 Å². The second-order valence-electron chi connectivity index (χ2n) is 5.87. The first kappa shape index (κ1) is 19.4. The number of piperidine rings is 1. The van der Waals surface area contributed by atoms with E-state index in [2.05, 4.69) is 5.32 Å². The summed E-state index contributed by atoms with van der Waals surface area (Å²) in [6, 6.07) is 5.70. The standard InChI is InChI=1S/C16H26N2O2S.ClH/c1-4-11-18(15-7-9-17-10-8-15)21(19,20)16-6-5-13(2)12-14(16)3;/h5-6,12,15,17H,4,7-11H2,1-3H3;1H. The van der Waals surface area contributed by atoms with Crippen LogP contribution in [0.1, 0.15) is 37.3 Å². The van der Waals surface area contributed by atoms with E-state index in [1.54, 1.807) is 10.4 Å². The predicted octanol–water partition coefficient (Wildman–Crippen LogP) is 2.88. The first-order valence-corrected chi connectivity index (χ1v) is 9.20. The summed E-state index contributed by atoms with van der Waals surface area (Å²) in [5, 5.41) is 3.30. The van der Waals surface area contributed by atoms with Crippen LogP contribution in [0, 0.1) is 13.8 Å². The molecule has 0 atom stereocenters. The van der Waals surface area contributed by atoms with Crippen LogP contribution in [0.2, 0.25) is 0 Å². The Balaban J connectivity index is 0.00000242. The Kier molecular flexibility index (Phi) is 7.32. The molecule has 1 fully saturated rings. The fourth-order valence-electron chi connectivity index (χ4n) is 3.03. The third-order valence-corrected chi connectivity index (χ3v) is 6.19. The van der Waals surface area contributed by atoms with Gasteiger partial charge in [0.15, 0.2) is 0 Å². The second kappa shape index (κ2) is 8.29. The minimum absolute atomic E-state index is 0. The number of hydrogen-bond acceptors (Lipinski definition) is 3. The smallest absolute Gasteiger partial charge is 0.243 e. The van der Waals surface area contributed by atoms with Crippen molar-refractivity contribution in [3.05, 3.63) is 29.3 Å². The van der Waals surface area contributed by atoms with Gasteiger partial charge in [0.1, 0.15) is 0 Å². The van der Waals surface area contributed by atoms with Crippen LogP contribution in [0.25, 0.3) is 0 Å². The van der Waals surface area contributed by atoms with Gasteiger partial charge in [-0.25, -0.2) is 8.42 Å². The Morgan fingerprint density at radius 1 is 1.23 bits per heavy atom. The van der Waals surface area contributed by atoms with Gasteiger partial charge in [0.05, 0.1) is 4.90 Å². The maximum Gasteiger partial charge on any atom is 0.243 e. The molecular weight excluding hydrogens is 320 g/mol. The Bertz CT molecular complexity index is 584. The molecule has 1 saturated heterocycles. The Morgan fingerprint density at radius 3 is 2.41 bits per heavy atom. The van der Waals surface area contributed by atoms with Crippen LogP contribution in [0.4, 0.5) is 0 Å². The van der Waals surface area contributed by atoms with Gasteiger partial charge in [-0.15, -0.1) is 12.4 Å². The highest BCUT2D eigenvalue weighted by Gasteiger charge is 2.32. The van der Waals surface area contributed by atoms with Gasteiger partial charge in [-0.3, -0.25) is 0 Å². The molecule has 22 heavy (non-hydrogen) atoms. The first-order chi connectivity index (χ1) is 9.96. The molecule has 1 aliphatic heterocycles. The van der Waals surface area contributed by atoms with Crippen LogP contribution in [0.5, 0.6) is 0 Å². The summed E-state index contributed by atoms with van der Waals surface area (Å²) in [7, 11) is -3.40. The van der Waals surface area contributed by atoms with E-state index in [0.29, 0.717) is 11.4 Å². The molecule has 2 rings (SSSR count). The van der Waals surface area contributed by atoms with Crippen molar-refractivity contribution in [3.63, 3.8) is 0 Å². The lowest BCUT2D eigenvalue weighted by Gasteiger charge is -2.34. The van der Waals surface area contributed by atoms with E-state index in [-0.39, 0.29) is 18.4 Å². The molecular formula is C16H27ClN2O2S. The van der Waals surface area contributed by atoms with Gasteiger partial charge < -0.3 is 5.32 Å². The predicted molar refractivity (Wildman–Crippen MR) is 93.2 cm³/mol. The quantitative estimate of drug-likeness (QED) is 0.891. The molecule has 0 aromatic heterocycles. The molecule has 1 heterocycles. The van der Waals surface area contributed by atoms with E-state index in [4.69, 9.17) is 0 Å². The number of hydrogen-bond donors (Lipinski definition) is 1. The number of rotatable bonds is 5. The Labute approximate surface area is 140 Å². The minimum atomic E-state index is -3.40. The molecule has 4 nitrogen and oxygen atoms in total. The van der Waals surface area contributed by atoms with Gasteiger partial charge in [-0.05, 0) is 57.8 Å². The lowest BCUT2D eigenvalue weighted by molar-refractivity contribution is 0.262. The molecule has 6 heteroatoms. The average Bonchev–Trinajstić information content (AvgIpc) is 2.45. The second-order valence-corrected chi connectivity index (χ2v) is 7.72. The van der Waals surface area contributed by atoms with Crippen LogP contribution in [-0.4, -0.2) is 38.4 Å². The SMILES string of the molecule is CCCN(C1CCNCC1)S(=O)(=O)c1ccc(C)cc1C.Cl. The molecule has 0 saturated carbocycles.